The number of fused-ring (bicyclic) bond motifs is 1. The molecule has 2 heterocycles. The number of carbonyl (C=O) groups excluding carboxylic acids is 1. The Balaban J connectivity index is 1.89. The number of nitrogens with zero attached hydrogens (tertiary/aromatic N) is 2. The molecule has 0 bridgehead atoms. The summed E-state index contributed by atoms with van der Waals surface area (Å²) in [4.78, 5) is 27.1. The van der Waals surface area contributed by atoms with E-state index in [1.54, 1.807) is 31.3 Å². The number of carbonyl (C=O) groups is 1. The summed E-state index contributed by atoms with van der Waals surface area (Å²) in [5.74, 6) is -0.531. The smallest absolute Gasteiger partial charge is 0.265 e. The normalized spacial score (nSPS) is 15.9. The Morgan fingerprint density at radius 1 is 1.26 bits per heavy atom. The van der Waals surface area contributed by atoms with Crippen molar-refractivity contribution in [3.63, 3.8) is 0 Å². The van der Waals surface area contributed by atoms with E-state index in [9.17, 15) is 14.7 Å². The number of morpholine rings is 1. The quantitative estimate of drug-likeness (QED) is 0.857. The van der Waals surface area contributed by atoms with Crippen molar-refractivity contribution in [2.75, 3.05) is 32.8 Å². The number of hydrogen-bond donors (Lipinski definition) is 1. The molecular formula is C17H20N2O4. The lowest BCUT2D eigenvalue weighted by atomic mass is 10.0. The Labute approximate surface area is 133 Å². The molecule has 1 saturated heterocycles. The van der Waals surface area contributed by atoms with Crippen molar-refractivity contribution in [2.45, 2.75) is 6.42 Å². The minimum Gasteiger partial charge on any atom is -0.506 e. The van der Waals surface area contributed by atoms with Crippen LogP contribution < -0.4 is 5.56 Å². The van der Waals surface area contributed by atoms with Crippen LogP contribution in [0.15, 0.2) is 29.1 Å². The van der Waals surface area contributed by atoms with Gasteiger partial charge in [0.2, 0.25) is 0 Å². The topological polar surface area (TPSA) is 71.8 Å². The van der Waals surface area contributed by atoms with Gasteiger partial charge in [0.15, 0.2) is 5.78 Å². The van der Waals surface area contributed by atoms with E-state index < -0.39 is 5.56 Å². The van der Waals surface area contributed by atoms with Crippen molar-refractivity contribution in [1.29, 1.82) is 0 Å². The molecule has 0 unspecified atom stereocenters. The number of aryl methyl sites for hydroxylation is 1. The van der Waals surface area contributed by atoms with Crippen molar-refractivity contribution in [1.82, 2.24) is 9.47 Å². The molecule has 1 aromatic heterocycles. The van der Waals surface area contributed by atoms with Gasteiger partial charge >= 0.3 is 0 Å². The number of aromatic hydroxyl groups is 1. The van der Waals surface area contributed by atoms with E-state index in [1.807, 2.05) is 0 Å². The average Bonchev–Trinajstić information content (AvgIpc) is 2.59. The molecule has 6 heteroatoms. The van der Waals surface area contributed by atoms with Gasteiger partial charge < -0.3 is 14.4 Å². The van der Waals surface area contributed by atoms with Crippen LogP contribution in [0, 0.1) is 0 Å². The second-order valence-electron chi connectivity index (χ2n) is 5.73. The first-order valence-electron chi connectivity index (χ1n) is 7.73. The van der Waals surface area contributed by atoms with Crippen LogP contribution in [0.3, 0.4) is 0 Å². The molecule has 1 N–H and O–H groups in total. The van der Waals surface area contributed by atoms with Crippen molar-refractivity contribution < 1.29 is 14.6 Å². The first-order chi connectivity index (χ1) is 11.1. The molecule has 23 heavy (non-hydrogen) atoms. The van der Waals surface area contributed by atoms with Gasteiger partial charge in [-0.3, -0.25) is 14.5 Å². The van der Waals surface area contributed by atoms with Crippen molar-refractivity contribution in [3.05, 3.63) is 40.2 Å². The predicted octanol–water partition coefficient (Wildman–Crippen LogP) is 1.15. The number of Topliss-reactive ketones (excluding diaryl/α,β-unsaturated/α-hetero) is 1. The second-order valence-corrected chi connectivity index (χ2v) is 5.73. The standard InChI is InChI=1S/C17H20N2O4/c1-18-13-5-3-2-4-12(13)16(21)15(17(18)22)14(20)6-7-19-8-10-23-11-9-19/h2-5,21H,6-11H2,1H3. The minimum atomic E-state index is -0.451. The molecule has 2 aromatic rings. The van der Waals surface area contributed by atoms with Crippen molar-refractivity contribution in [3.8, 4) is 5.75 Å². The van der Waals surface area contributed by atoms with Gasteiger partial charge in [-0.1, -0.05) is 12.1 Å². The van der Waals surface area contributed by atoms with Crippen LogP contribution in [0.25, 0.3) is 10.9 Å². The molecule has 1 fully saturated rings. The zero-order valence-corrected chi connectivity index (χ0v) is 13.1. The van der Waals surface area contributed by atoms with E-state index in [2.05, 4.69) is 4.90 Å². The number of ketones is 1. The number of hydrogen-bond acceptors (Lipinski definition) is 5. The SMILES string of the molecule is Cn1c(=O)c(C(=O)CCN2CCOCC2)c(O)c2ccccc21. The summed E-state index contributed by atoms with van der Waals surface area (Å²) in [7, 11) is 1.61. The van der Waals surface area contributed by atoms with Crippen LogP contribution in [0.5, 0.6) is 5.75 Å². The summed E-state index contributed by atoms with van der Waals surface area (Å²) in [5, 5.41) is 10.9. The highest BCUT2D eigenvalue weighted by atomic mass is 16.5. The fourth-order valence-corrected chi connectivity index (χ4v) is 2.94. The summed E-state index contributed by atoms with van der Waals surface area (Å²) < 4.78 is 6.69. The zero-order valence-electron chi connectivity index (χ0n) is 13.1. The predicted molar refractivity (Wildman–Crippen MR) is 87.1 cm³/mol. The van der Waals surface area contributed by atoms with E-state index in [-0.39, 0.29) is 23.5 Å². The Bertz CT molecular complexity index is 791. The maximum absolute atomic E-state index is 12.5. The molecule has 1 aromatic carbocycles. The van der Waals surface area contributed by atoms with Gasteiger partial charge in [-0.2, -0.15) is 0 Å². The number of pyridine rings is 1. The maximum atomic E-state index is 12.5. The second kappa shape index (κ2) is 6.52. The Morgan fingerprint density at radius 2 is 1.96 bits per heavy atom. The van der Waals surface area contributed by atoms with Gasteiger partial charge in [-0.15, -0.1) is 0 Å². The Kier molecular flexibility index (Phi) is 4.45. The third-order valence-electron chi connectivity index (χ3n) is 4.31. The molecule has 1 aliphatic heterocycles. The van der Waals surface area contributed by atoms with Crippen molar-refractivity contribution >= 4 is 16.7 Å². The van der Waals surface area contributed by atoms with Gasteiger partial charge in [0.25, 0.3) is 5.56 Å². The fourth-order valence-electron chi connectivity index (χ4n) is 2.94. The molecule has 1 aliphatic rings. The average molecular weight is 316 g/mol. The van der Waals surface area contributed by atoms with Crippen LogP contribution in [0.1, 0.15) is 16.8 Å². The Hall–Kier alpha value is -2.18. The maximum Gasteiger partial charge on any atom is 0.265 e. The molecule has 0 amide bonds. The lowest BCUT2D eigenvalue weighted by Gasteiger charge is -2.26. The third-order valence-corrected chi connectivity index (χ3v) is 4.31. The van der Waals surface area contributed by atoms with Crippen LogP contribution in [-0.4, -0.2) is 53.2 Å². The molecular weight excluding hydrogens is 296 g/mol. The number of ether oxygens (including phenoxy) is 1. The summed E-state index contributed by atoms with van der Waals surface area (Å²) in [5.41, 5.74) is 0.0485. The molecule has 0 aliphatic carbocycles. The number of rotatable bonds is 4. The first kappa shape index (κ1) is 15.7. The largest absolute Gasteiger partial charge is 0.506 e. The van der Waals surface area contributed by atoms with E-state index in [0.717, 1.165) is 13.1 Å². The molecule has 3 rings (SSSR count). The first-order valence-corrected chi connectivity index (χ1v) is 7.73. The molecule has 122 valence electrons. The van der Waals surface area contributed by atoms with Crippen LogP contribution in [-0.2, 0) is 11.8 Å². The monoisotopic (exact) mass is 316 g/mol. The van der Waals surface area contributed by atoms with Crippen LogP contribution in [0.4, 0.5) is 0 Å². The van der Waals surface area contributed by atoms with E-state index in [1.165, 1.54) is 4.57 Å². The summed E-state index contributed by atoms with van der Waals surface area (Å²) in [6.45, 7) is 3.47. The van der Waals surface area contributed by atoms with E-state index in [4.69, 9.17) is 4.74 Å². The highest BCUT2D eigenvalue weighted by molar-refractivity contribution is 6.03. The van der Waals surface area contributed by atoms with Gasteiger partial charge in [0, 0.05) is 38.5 Å². The molecule has 0 radical (unpaired) electrons. The van der Waals surface area contributed by atoms with E-state index >= 15 is 0 Å². The highest BCUT2D eigenvalue weighted by Gasteiger charge is 2.21. The summed E-state index contributed by atoms with van der Waals surface area (Å²) in [6.07, 6.45) is 0.209. The summed E-state index contributed by atoms with van der Waals surface area (Å²) >= 11 is 0. The Morgan fingerprint density at radius 3 is 2.70 bits per heavy atom. The molecule has 0 spiro atoms. The van der Waals surface area contributed by atoms with Crippen LogP contribution in [0.2, 0.25) is 0 Å². The highest BCUT2D eigenvalue weighted by Crippen LogP contribution is 2.26. The molecule has 6 nitrogen and oxygen atoms in total. The minimum absolute atomic E-state index is 0.112. The van der Waals surface area contributed by atoms with Gasteiger partial charge in [-0.25, -0.2) is 0 Å². The number of aromatic nitrogens is 1. The number of para-hydroxylation sites is 1. The molecule has 0 saturated carbocycles. The van der Waals surface area contributed by atoms with E-state index in [0.29, 0.717) is 30.7 Å². The molecule has 0 atom stereocenters. The fraction of sp³-hybridized carbons (Fsp3) is 0.412. The van der Waals surface area contributed by atoms with Gasteiger partial charge in [0.05, 0.1) is 18.7 Å². The summed E-state index contributed by atoms with van der Waals surface area (Å²) in [6, 6.07) is 7.02. The lowest BCUT2D eigenvalue weighted by Crippen LogP contribution is -2.38. The van der Waals surface area contributed by atoms with Gasteiger partial charge in [0.1, 0.15) is 11.3 Å². The zero-order chi connectivity index (χ0) is 16.4. The number of benzene rings is 1. The van der Waals surface area contributed by atoms with Crippen molar-refractivity contribution in [2.24, 2.45) is 7.05 Å². The lowest BCUT2D eigenvalue weighted by molar-refractivity contribution is 0.0369. The third kappa shape index (κ3) is 3.00. The van der Waals surface area contributed by atoms with Gasteiger partial charge in [-0.05, 0) is 12.1 Å². The van der Waals surface area contributed by atoms with Crippen LogP contribution >= 0.6 is 0 Å².